The zero-order valence-corrected chi connectivity index (χ0v) is 10.7. The highest BCUT2D eigenvalue weighted by atomic mass is 35.5. The van der Waals surface area contributed by atoms with Crippen LogP contribution in [0.15, 0.2) is 36.5 Å². The van der Waals surface area contributed by atoms with E-state index in [4.69, 9.17) is 11.6 Å². The first-order valence-electron chi connectivity index (χ1n) is 5.70. The summed E-state index contributed by atoms with van der Waals surface area (Å²) in [5.74, 6) is -0.428. The lowest BCUT2D eigenvalue weighted by Crippen LogP contribution is -2.07. The van der Waals surface area contributed by atoms with Gasteiger partial charge in [0.15, 0.2) is 0 Å². The van der Waals surface area contributed by atoms with Gasteiger partial charge in [0.25, 0.3) is 0 Å². The molecule has 0 saturated heterocycles. The van der Waals surface area contributed by atoms with Gasteiger partial charge in [0.2, 0.25) is 0 Å². The average Bonchev–Trinajstić information content (AvgIpc) is 2.40. The van der Waals surface area contributed by atoms with Gasteiger partial charge in [-0.2, -0.15) is 0 Å². The summed E-state index contributed by atoms with van der Waals surface area (Å²) in [6, 6.07) is 7.63. The van der Waals surface area contributed by atoms with Crippen molar-refractivity contribution in [3.63, 3.8) is 0 Å². The van der Waals surface area contributed by atoms with Crippen molar-refractivity contribution in [2.45, 2.75) is 19.4 Å². The smallest absolute Gasteiger partial charge is 0.123 e. The van der Waals surface area contributed by atoms with Crippen molar-refractivity contribution in [2.24, 2.45) is 0 Å². The van der Waals surface area contributed by atoms with Crippen LogP contribution in [0, 0.1) is 5.82 Å². The largest absolute Gasteiger partial charge is 0.382 e. The molecule has 0 aliphatic carbocycles. The molecule has 1 atom stereocenters. The molecule has 1 heterocycles. The Labute approximate surface area is 110 Å². The van der Waals surface area contributed by atoms with Crippen LogP contribution in [0.2, 0.25) is 5.02 Å². The van der Waals surface area contributed by atoms with E-state index >= 15 is 0 Å². The molecule has 18 heavy (non-hydrogen) atoms. The Hall–Kier alpha value is -1.45. The topological polar surface area (TPSA) is 33.1 Å². The van der Waals surface area contributed by atoms with Crippen LogP contribution in [0.1, 0.15) is 29.8 Å². The fourth-order valence-corrected chi connectivity index (χ4v) is 2.09. The average molecular weight is 266 g/mol. The van der Waals surface area contributed by atoms with E-state index in [1.807, 2.05) is 19.1 Å². The monoisotopic (exact) mass is 265 g/mol. The molecular weight excluding hydrogens is 253 g/mol. The van der Waals surface area contributed by atoms with E-state index in [1.54, 1.807) is 6.20 Å². The second-order valence-corrected chi connectivity index (χ2v) is 4.38. The van der Waals surface area contributed by atoms with Crippen molar-refractivity contribution >= 4 is 11.6 Å². The van der Waals surface area contributed by atoms with E-state index in [0.717, 1.165) is 12.0 Å². The third-order valence-electron chi connectivity index (χ3n) is 2.82. The summed E-state index contributed by atoms with van der Waals surface area (Å²) < 4.78 is 13.2. The molecule has 94 valence electrons. The molecule has 0 aliphatic rings. The first-order valence-corrected chi connectivity index (χ1v) is 6.08. The first-order chi connectivity index (χ1) is 8.63. The van der Waals surface area contributed by atoms with Crippen LogP contribution in [0.5, 0.6) is 0 Å². The maximum absolute atomic E-state index is 13.2. The van der Waals surface area contributed by atoms with E-state index in [2.05, 4.69) is 4.98 Å². The standard InChI is InChI=1S/C14H13ClFNO/c1-2-9-4-3-7-17-13(9)14(18)11-8-10(16)5-6-12(11)15/h3-8,14,18H,2H2,1H3. The third kappa shape index (κ3) is 2.52. The van der Waals surface area contributed by atoms with Crippen molar-refractivity contribution in [2.75, 3.05) is 0 Å². The Morgan fingerprint density at radius 1 is 1.39 bits per heavy atom. The van der Waals surface area contributed by atoms with Gasteiger partial charge in [-0.3, -0.25) is 4.98 Å². The Kier molecular flexibility index (Phi) is 3.94. The highest BCUT2D eigenvalue weighted by Crippen LogP contribution is 2.29. The van der Waals surface area contributed by atoms with Gasteiger partial charge in [-0.25, -0.2) is 4.39 Å². The van der Waals surface area contributed by atoms with Crippen molar-refractivity contribution in [1.82, 2.24) is 4.98 Å². The van der Waals surface area contributed by atoms with Crippen LogP contribution in [0.25, 0.3) is 0 Å². The summed E-state index contributed by atoms with van der Waals surface area (Å²) in [5, 5.41) is 10.6. The van der Waals surface area contributed by atoms with Crippen LogP contribution < -0.4 is 0 Å². The van der Waals surface area contributed by atoms with Gasteiger partial charge in [-0.05, 0) is 36.2 Å². The second-order valence-electron chi connectivity index (χ2n) is 3.97. The number of benzene rings is 1. The summed E-state index contributed by atoms with van der Waals surface area (Å²) in [4.78, 5) is 4.17. The molecule has 1 unspecified atom stereocenters. The molecule has 0 spiro atoms. The molecule has 4 heteroatoms. The van der Waals surface area contributed by atoms with Crippen LogP contribution >= 0.6 is 11.6 Å². The van der Waals surface area contributed by atoms with Gasteiger partial charge in [0.1, 0.15) is 11.9 Å². The fraction of sp³-hybridized carbons (Fsp3) is 0.214. The van der Waals surface area contributed by atoms with Crippen LogP contribution in [0.3, 0.4) is 0 Å². The van der Waals surface area contributed by atoms with E-state index in [0.29, 0.717) is 16.3 Å². The summed E-state index contributed by atoms with van der Waals surface area (Å²) in [6.45, 7) is 1.97. The van der Waals surface area contributed by atoms with Crippen molar-refractivity contribution in [1.29, 1.82) is 0 Å². The van der Waals surface area contributed by atoms with Crippen LogP contribution in [-0.2, 0) is 6.42 Å². The van der Waals surface area contributed by atoms with E-state index in [9.17, 15) is 9.50 Å². The Bertz CT molecular complexity index is 559. The zero-order chi connectivity index (χ0) is 13.1. The van der Waals surface area contributed by atoms with Gasteiger partial charge < -0.3 is 5.11 Å². The normalized spacial score (nSPS) is 12.4. The van der Waals surface area contributed by atoms with Gasteiger partial charge >= 0.3 is 0 Å². The summed E-state index contributed by atoms with van der Waals surface area (Å²) in [6.07, 6.45) is 1.34. The molecule has 0 bridgehead atoms. The lowest BCUT2D eigenvalue weighted by Gasteiger charge is -2.15. The molecule has 1 aromatic carbocycles. The summed E-state index contributed by atoms with van der Waals surface area (Å²) in [7, 11) is 0. The molecule has 2 nitrogen and oxygen atoms in total. The number of nitrogens with zero attached hydrogens (tertiary/aromatic N) is 1. The minimum atomic E-state index is -1.01. The number of aliphatic hydroxyl groups is 1. The Balaban J connectivity index is 2.47. The number of aromatic nitrogens is 1. The number of pyridine rings is 1. The first kappa shape index (κ1) is 13.0. The molecule has 0 aliphatic heterocycles. The molecule has 0 saturated carbocycles. The van der Waals surface area contributed by atoms with Crippen molar-refractivity contribution < 1.29 is 9.50 Å². The maximum atomic E-state index is 13.2. The third-order valence-corrected chi connectivity index (χ3v) is 3.16. The molecule has 1 aromatic heterocycles. The number of aliphatic hydroxyl groups excluding tert-OH is 1. The predicted molar refractivity (Wildman–Crippen MR) is 69.1 cm³/mol. The lowest BCUT2D eigenvalue weighted by atomic mass is 10.0. The number of halogens is 2. The number of rotatable bonds is 3. The molecule has 2 rings (SSSR count). The van der Waals surface area contributed by atoms with Gasteiger partial charge in [0, 0.05) is 16.8 Å². The second kappa shape index (κ2) is 5.46. The SMILES string of the molecule is CCc1cccnc1C(O)c1cc(F)ccc1Cl. The van der Waals surface area contributed by atoms with E-state index in [1.165, 1.54) is 18.2 Å². The highest BCUT2D eigenvalue weighted by Gasteiger charge is 2.18. The molecule has 0 fully saturated rings. The molecular formula is C14H13ClFNO. The number of hydrogen-bond donors (Lipinski definition) is 1. The zero-order valence-electron chi connectivity index (χ0n) is 9.90. The molecule has 1 N–H and O–H groups in total. The Morgan fingerprint density at radius 2 is 2.17 bits per heavy atom. The fourth-order valence-electron chi connectivity index (χ4n) is 1.87. The minimum absolute atomic E-state index is 0.330. The number of aryl methyl sites for hydroxylation is 1. The van der Waals surface area contributed by atoms with Crippen molar-refractivity contribution in [3.05, 3.63) is 64.2 Å². The van der Waals surface area contributed by atoms with Crippen LogP contribution in [-0.4, -0.2) is 10.1 Å². The van der Waals surface area contributed by atoms with Gasteiger partial charge in [-0.15, -0.1) is 0 Å². The van der Waals surface area contributed by atoms with E-state index in [-0.39, 0.29) is 0 Å². The molecule has 2 aromatic rings. The van der Waals surface area contributed by atoms with E-state index < -0.39 is 11.9 Å². The van der Waals surface area contributed by atoms with Crippen LogP contribution in [0.4, 0.5) is 4.39 Å². The quantitative estimate of drug-likeness (QED) is 0.921. The lowest BCUT2D eigenvalue weighted by molar-refractivity contribution is 0.213. The predicted octanol–water partition coefficient (Wildman–Crippen LogP) is 3.52. The highest BCUT2D eigenvalue weighted by molar-refractivity contribution is 6.31. The maximum Gasteiger partial charge on any atom is 0.123 e. The summed E-state index contributed by atoms with van der Waals surface area (Å²) in [5.41, 5.74) is 1.78. The minimum Gasteiger partial charge on any atom is -0.382 e. The molecule has 0 radical (unpaired) electrons. The van der Waals surface area contributed by atoms with Gasteiger partial charge in [0.05, 0.1) is 5.69 Å². The number of hydrogen-bond acceptors (Lipinski definition) is 2. The Morgan fingerprint density at radius 3 is 2.89 bits per heavy atom. The molecule has 0 amide bonds. The summed E-state index contributed by atoms with van der Waals surface area (Å²) >= 11 is 5.98. The van der Waals surface area contributed by atoms with Gasteiger partial charge in [-0.1, -0.05) is 24.6 Å². The van der Waals surface area contributed by atoms with Crippen molar-refractivity contribution in [3.8, 4) is 0 Å².